The van der Waals surface area contributed by atoms with Crippen LogP contribution in [0.1, 0.15) is 17.5 Å². The third-order valence-electron chi connectivity index (χ3n) is 3.35. The van der Waals surface area contributed by atoms with Crippen LogP contribution >= 0.6 is 24.0 Å². The van der Waals surface area contributed by atoms with Crippen molar-refractivity contribution in [1.82, 2.24) is 4.72 Å². The molecule has 110 valence electrons. The number of hydrogen-bond acceptors (Lipinski definition) is 4. The first kappa shape index (κ1) is 15.8. The molecule has 3 N–H and O–H groups in total. The van der Waals surface area contributed by atoms with E-state index in [9.17, 15) is 8.42 Å². The Morgan fingerprint density at radius 1 is 1.55 bits per heavy atom. The Labute approximate surface area is 129 Å². The smallest absolute Gasteiger partial charge is 0.240 e. The lowest BCUT2D eigenvalue weighted by Crippen LogP contribution is -2.30. The predicted molar refractivity (Wildman–Crippen MR) is 87.7 cm³/mol. The Bertz CT molecular complexity index is 608. The van der Waals surface area contributed by atoms with Crippen molar-refractivity contribution in [1.29, 1.82) is 0 Å². The lowest BCUT2D eigenvalue weighted by Gasteiger charge is -2.13. The fourth-order valence-corrected chi connectivity index (χ4v) is 4.89. The molecule has 1 heterocycles. The van der Waals surface area contributed by atoms with E-state index in [1.54, 1.807) is 25.1 Å². The van der Waals surface area contributed by atoms with E-state index in [0.29, 0.717) is 23.6 Å². The van der Waals surface area contributed by atoms with Gasteiger partial charge in [-0.15, -0.1) is 0 Å². The Hall–Kier alpha value is -0.630. The highest BCUT2D eigenvalue weighted by Gasteiger charge is 2.21. The fraction of sp³-hybridized carbons (Fsp3) is 0.462. The van der Waals surface area contributed by atoms with E-state index in [0.717, 1.165) is 17.9 Å². The molecule has 1 fully saturated rings. The molecular formula is C13H18N2O2S3. The van der Waals surface area contributed by atoms with Gasteiger partial charge >= 0.3 is 0 Å². The summed E-state index contributed by atoms with van der Waals surface area (Å²) >= 11 is 6.77. The number of sulfonamides is 1. The maximum absolute atomic E-state index is 12.4. The van der Waals surface area contributed by atoms with E-state index < -0.39 is 10.0 Å². The van der Waals surface area contributed by atoms with Crippen LogP contribution in [0.15, 0.2) is 23.1 Å². The molecule has 0 radical (unpaired) electrons. The van der Waals surface area contributed by atoms with Gasteiger partial charge in [-0.25, -0.2) is 13.1 Å². The molecule has 1 unspecified atom stereocenters. The average molecular weight is 331 g/mol. The second kappa shape index (κ2) is 6.43. The number of thioether (sulfide) groups is 1. The molecule has 0 spiro atoms. The van der Waals surface area contributed by atoms with Crippen LogP contribution in [0.4, 0.5) is 0 Å². The largest absolute Gasteiger partial charge is 0.389 e. The van der Waals surface area contributed by atoms with Crippen LogP contribution in [0.2, 0.25) is 0 Å². The fourth-order valence-electron chi connectivity index (χ4n) is 2.09. The van der Waals surface area contributed by atoms with E-state index in [4.69, 9.17) is 18.0 Å². The molecule has 2 rings (SSSR count). The van der Waals surface area contributed by atoms with Gasteiger partial charge < -0.3 is 5.73 Å². The van der Waals surface area contributed by atoms with Gasteiger partial charge in [0.15, 0.2) is 0 Å². The van der Waals surface area contributed by atoms with Gasteiger partial charge in [0.25, 0.3) is 0 Å². The number of nitrogens with one attached hydrogen (secondary N) is 1. The van der Waals surface area contributed by atoms with Crippen LogP contribution in [0.3, 0.4) is 0 Å². The number of hydrogen-bond donors (Lipinski definition) is 2. The molecule has 0 saturated carbocycles. The lowest BCUT2D eigenvalue weighted by atomic mass is 10.1. The molecule has 1 saturated heterocycles. The highest BCUT2D eigenvalue weighted by Crippen LogP contribution is 2.23. The highest BCUT2D eigenvalue weighted by atomic mass is 32.2. The molecule has 1 aromatic carbocycles. The molecule has 4 nitrogen and oxygen atoms in total. The summed E-state index contributed by atoms with van der Waals surface area (Å²) in [6.07, 6.45) is 1.07. The molecule has 1 aliphatic heterocycles. The maximum Gasteiger partial charge on any atom is 0.240 e. The van der Waals surface area contributed by atoms with E-state index in [1.807, 2.05) is 11.8 Å². The van der Waals surface area contributed by atoms with Gasteiger partial charge in [-0.05, 0) is 42.4 Å². The summed E-state index contributed by atoms with van der Waals surface area (Å²) in [6, 6.07) is 5.02. The van der Waals surface area contributed by atoms with Gasteiger partial charge in [-0.2, -0.15) is 11.8 Å². The molecule has 1 aliphatic rings. The van der Waals surface area contributed by atoms with Crippen LogP contribution < -0.4 is 10.5 Å². The number of nitrogens with two attached hydrogens (primary N) is 1. The Morgan fingerprint density at radius 3 is 2.90 bits per heavy atom. The van der Waals surface area contributed by atoms with Crippen molar-refractivity contribution >= 4 is 39.0 Å². The second-order valence-corrected chi connectivity index (χ2v) is 8.25. The summed E-state index contributed by atoms with van der Waals surface area (Å²) in [5.74, 6) is 2.56. The number of aryl methyl sites for hydroxylation is 1. The molecule has 7 heteroatoms. The van der Waals surface area contributed by atoms with Crippen LogP contribution in [-0.2, 0) is 10.0 Å². The minimum atomic E-state index is -3.51. The van der Waals surface area contributed by atoms with E-state index >= 15 is 0 Å². The molecule has 0 bridgehead atoms. The first-order valence-electron chi connectivity index (χ1n) is 6.38. The minimum absolute atomic E-state index is 0.202. The van der Waals surface area contributed by atoms with Crippen LogP contribution in [0.25, 0.3) is 0 Å². The van der Waals surface area contributed by atoms with Gasteiger partial charge in [0.05, 0.1) is 4.90 Å². The highest BCUT2D eigenvalue weighted by molar-refractivity contribution is 7.99. The third-order valence-corrected chi connectivity index (χ3v) is 6.38. The Kier molecular flexibility index (Phi) is 5.06. The monoisotopic (exact) mass is 330 g/mol. The maximum atomic E-state index is 12.4. The quantitative estimate of drug-likeness (QED) is 0.804. The zero-order chi connectivity index (χ0) is 14.8. The zero-order valence-electron chi connectivity index (χ0n) is 11.3. The van der Waals surface area contributed by atoms with Crippen molar-refractivity contribution in [2.24, 2.45) is 11.7 Å². The van der Waals surface area contributed by atoms with Gasteiger partial charge in [0, 0.05) is 12.1 Å². The van der Waals surface area contributed by atoms with Crippen molar-refractivity contribution in [3.8, 4) is 0 Å². The Balaban J connectivity index is 2.19. The first-order chi connectivity index (χ1) is 9.40. The summed E-state index contributed by atoms with van der Waals surface area (Å²) in [5, 5.41) is 0. The number of rotatable bonds is 5. The first-order valence-corrected chi connectivity index (χ1v) is 9.42. The molecule has 0 amide bonds. The average Bonchev–Trinajstić information content (AvgIpc) is 2.89. The van der Waals surface area contributed by atoms with Crippen LogP contribution in [-0.4, -0.2) is 31.5 Å². The number of benzene rings is 1. The molecule has 0 aliphatic carbocycles. The lowest BCUT2D eigenvalue weighted by molar-refractivity contribution is 0.545. The second-order valence-electron chi connectivity index (χ2n) is 4.93. The van der Waals surface area contributed by atoms with E-state index in [-0.39, 0.29) is 9.88 Å². The summed E-state index contributed by atoms with van der Waals surface area (Å²) in [7, 11) is -3.51. The normalized spacial score (nSPS) is 19.1. The molecule has 1 aromatic rings. The van der Waals surface area contributed by atoms with Crippen molar-refractivity contribution in [3.63, 3.8) is 0 Å². The van der Waals surface area contributed by atoms with Crippen molar-refractivity contribution in [2.75, 3.05) is 18.1 Å². The van der Waals surface area contributed by atoms with Crippen molar-refractivity contribution < 1.29 is 8.42 Å². The van der Waals surface area contributed by atoms with Gasteiger partial charge in [0.2, 0.25) is 10.0 Å². The molecule has 0 aromatic heterocycles. The SMILES string of the molecule is Cc1ccc(C(N)=S)cc1S(=O)(=O)NCC1CCSC1. The summed E-state index contributed by atoms with van der Waals surface area (Å²) in [6.45, 7) is 2.26. The standard InChI is InChI=1S/C13H18N2O2S3/c1-9-2-3-11(13(14)18)6-12(9)20(16,17)15-7-10-4-5-19-8-10/h2-3,6,10,15H,4-5,7-8H2,1H3,(H2,14,18). The summed E-state index contributed by atoms with van der Waals surface area (Å²) in [4.78, 5) is 0.460. The van der Waals surface area contributed by atoms with Crippen LogP contribution in [0, 0.1) is 12.8 Å². The topological polar surface area (TPSA) is 72.2 Å². The minimum Gasteiger partial charge on any atom is -0.389 e. The van der Waals surface area contributed by atoms with E-state index in [2.05, 4.69) is 4.72 Å². The molecule has 1 atom stereocenters. The third kappa shape index (κ3) is 3.72. The Morgan fingerprint density at radius 2 is 2.30 bits per heavy atom. The van der Waals surface area contributed by atoms with Gasteiger partial charge in [0.1, 0.15) is 4.99 Å². The zero-order valence-corrected chi connectivity index (χ0v) is 13.7. The molecular weight excluding hydrogens is 312 g/mol. The van der Waals surface area contributed by atoms with Gasteiger partial charge in [-0.3, -0.25) is 0 Å². The van der Waals surface area contributed by atoms with Gasteiger partial charge in [-0.1, -0.05) is 24.4 Å². The summed E-state index contributed by atoms with van der Waals surface area (Å²) < 4.78 is 27.5. The van der Waals surface area contributed by atoms with E-state index in [1.165, 1.54) is 0 Å². The summed E-state index contributed by atoms with van der Waals surface area (Å²) in [5.41, 5.74) is 6.83. The molecule has 20 heavy (non-hydrogen) atoms. The van der Waals surface area contributed by atoms with Crippen LogP contribution in [0.5, 0.6) is 0 Å². The van der Waals surface area contributed by atoms with Crippen molar-refractivity contribution in [2.45, 2.75) is 18.2 Å². The van der Waals surface area contributed by atoms with Crippen molar-refractivity contribution in [3.05, 3.63) is 29.3 Å². The number of thiocarbonyl (C=S) groups is 1. The predicted octanol–water partition coefficient (Wildman–Crippen LogP) is 1.66.